The lowest BCUT2D eigenvalue weighted by atomic mass is 10.2. The number of benzene rings is 1. The van der Waals surface area contributed by atoms with Gasteiger partial charge in [0.05, 0.1) is 11.0 Å². The number of aliphatic hydroxyl groups is 1. The lowest BCUT2D eigenvalue weighted by Crippen LogP contribution is -2.31. The highest BCUT2D eigenvalue weighted by Crippen LogP contribution is 2.16. The van der Waals surface area contributed by atoms with Gasteiger partial charge in [-0.1, -0.05) is 12.1 Å². The Morgan fingerprint density at radius 2 is 2.18 bits per heavy atom. The molecule has 0 aliphatic rings. The van der Waals surface area contributed by atoms with Crippen LogP contribution in [0.3, 0.4) is 0 Å². The molecule has 1 aromatic heterocycles. The Morgan fingerprint density at radius 3 is 2.88 bits per heavy atom. The first-order valence-corrected chi connectivity index (χ1v) is 5.96. The topological polar surface area (TPSA) is 50.1 Å². The number of aliphatic hydroxyl groups excluding tert-OH is 1. The third kappa shape index (κ3) is 2.48. The van der Waals surface area contributed by atoms with E-state index >= 15 is 0 Å². The van der Waals surface area contributed by atoms with Crippen molar-refractivity contribution < 1.29 is 5.11 Å². The fourth-order valence-corrected chi connectivity index (χ4v) is 2.13. The van der Waals surface area contributed by atoms with Crippen molar-refractivity contribution in [3.8, 4) is 0 Å². The molecule has 1 unspecified atom stereocenters. The van der Waals surface area contributed by atoms with Crippen LogP contribution in [0.25, 0.3) is 11.0 Å². The van der Waals surface area contributed by atoms with Crippen LogP contribution in [-0.4, -0.2) is 34.4 Å². The van der Waals surface area contributed by atoms with Crippen LogP contribution >= 0.6 is 0 Å². The molecule has 2 rings (SSSR count). The van der Waals surface area contributed by atoms with Gasteiger partial charge >= 0.3 is 0 Å². The molecule has 1 aromatic carbocycles. The van der Waals surface area contributed by atoms with Crippen molar-refractivity contribution in [2.75, 3.05) is 13.7 Å². The molecular weight excluding hydrogens is 214 g/mol. The molecule has 0 amide bonds. The van der Waals surface area contributed by atoms with Gasteiger partial charge in [-0.05, 0) is 32.5 Å². The number of aromatic nitrogens is 2. The zero-order chi connectivity index (χ0) is 12.3. The summed E-state index contributed by atoms with van der Waals surface area (Å²) in [7, 11) is 1.93. The Bertz CT molecular complexity index is 492. The minimum atomic E-state index is 0.206. The highest BCUT2D eigenvalue weighted by Gasteiger charge is 2.11. The molecule has 2 N–H and O–H groups in total. The van der Waals surface area contributed by atoms with E-state index in [9.17, 15) is 0 Å². The molecule has 4 nitrogen and oxygen atoms in total. The molecule has 92 valence electrons. The van der Waals surface area contributed by atoms with Crippen molar-refractivity contribution in [2.45, 2.75) is 25.9 Å². The van der Waals surface area contributed by atoms with Crippen LogP contribution < -0.4 is 5.32 Å². The predicted octanol–water partition coefficient (Wildman–Crippen LogP) is 1.32. The molecular formula is C13H19N3O. The lowest BCUT2D eigenvalue weighted by Gasteiger charge is -2.17. The van der Waals surface area contributed by atoms with Crippen LogP contribution in [0.15, 0.2) is 24.3 Å². The van der Waals surface area contributed by atoms with Gasteiger partial charge in [0.15, 0.2) is 0 Å². The van der Waals surface area contributed by atoms with Gasteiger partial charge in [0.2, 0.25) is 0 Å². The average molecular weight is 233 g/mol. The molecule has 1 heterocycles. The smallest absolute Gasteiger partial charge is 0.106 e. The number of likely N-dealkylation sites (N-methyl/N-ethyl adjacent to an activating group) is 1. The number of aryl methyl sites for hydroxylation is 1. The van der Waals surface area contributed by atoms with E-state index in [0.29, 0.717) is 0 Å². The van der Waals surface area contributed by atoms with E-state index in [0.717, 1.165) is 29.8 Å². The predicted molar refractivity (Wildman–Crippen MR) is 69.0 cm³/mol. The summed E-state index contributed by atoms with van der Waals surface area (Å²) in [6.45, 7) is 3.06. The summed E-state index contributed by atoms with van der Waals surface area (Å²) in [6, 6.07) is 8.42. The largest absolute Gasteiger partial charge is 0.396 e. The second-order valence-electron chi connectivity index (χ2n) is 4.26. The van der Waals surface area contributed by atoms with E-state index < -0.39 is 0 Å². The number of rotatable bonds is 5. The minimum absolute atomic E-state index is 0.206. The van der Waals surface area contributed by atoms with Gasteiger partial charge in [-0.15, -0.1) is 0 Å². The Morgan fingerprint density at radius 1 is 1.41 bits per heavy atom. The summed E-state index contributed by atoms with van der Waals surface area (Å²) in [5, 5.41) is 12.2. The fourth-order valence-electron chi connectivity index (χ4n) is 2.13. The molecule has 0 saturated heterocycles. The summed E-state index contributed by atoms with van der Waals surface area (Å²) in [5.74, 6) is 1.02. The normalized spacial score (nSPS) is 13.1. The number of para-hydroxylation sites is 2. The number of nitrogens with zero attached hydrogens (tertiary/aromatic N) is 2. The Balaban J connectivity index is 2.31. The van der Waals surface area contributed by atoms with Gasteiger partial charge in [0, 0.05) is 19.2 Å². The molecule has 0 spiro atoms. The summed E-state index contributed by atoms with van der Waals surface area (Å²) < 4.78 is 2.20. The molecule has 2 aromatic rings. The molecule has 0 aliphatic heterocycles. The van der Waals surface area contributed by atoms with Crippen molar-refractivity contribution in [3.05, 3.63) is 30.1 Å². The monoisotopic (exact) mass is 233 g/mol. The van der Waals surface area contributed by atoms with Crippen molar-refractivity contribution in [1.29, 1.82) is 0 Å². The maximum Gasteiger partial charge on any atom is 0.106 e. The summed E-state index contributed by atoms with van der Waals surface area (Å²) in [5.41, 5.74) is 2.19. The third-order valence-electron chi connectivity index (χ3n) is 3.13. The molecule has 0 saturated carbocycles. The summed E-state index contributed by atoms with van der Waals surface area (Å²) in [6.07, 6.45) is 0.752. The number of imidazole rings is 1. The number of hydrogen-bond acceptors (Lipinski definition) is 3. The van der Waals surface area contributed by atoms with Crippen LogP contribution in [0.2, 0.25) is 0 Å². The summed E-state index contributed by atoms with van der Waals surface area (Å²) in [4.78, 5) is 4.53. The molecule has 0 radical (unpaired) electrons. The summed E-state index contributed by atoms with van der Waals surface area (Å²) >= 11 is 0. The molecule has 17 heavy (non-hydrogen) atoms. The van der Waals surface area contributed by atoms with E-state index in [-0.39, 0.29) is 12.6 Å². The quantitative estimate of drug-likeness (QED) is 0.818. The Hall–Kier alpha value is -1.39. The van der Waals surface area contributed by atoms with Crippen molar-refractivity contribution in [1.82, 2.24) is 14.9 Å². The first-order valence-electron chi connectivity index (χ1n) is 5.96. The van der Waals surface area contributed by atoms with E-state index in [1.54, 1.807) is 0 Å². The zero-order valence-electron chi connectivity index (χ0n) is 10.3. The van der Waals surface area contributed by atoms with Gasteiger partial charge in [0.25, 0.3) is 0 Å². The van der Waals surface area contributed by atoms with Crippen LogP contribution in [0.1, 0.15) is 12.2 Å². The number of fused-ring (bicyclic) bond motifs is 1. The number of hydrogen-bond donors (Lipinski definition) is 2. The molecule has 0 bridgehead atoms. The molecule has 0 fully saturated rings. The molecule has 4 heteroatoms. The van der Waals surface area contributed by atoms with Crippen molar-refractivity contribution >= 4 is 11.0 Å². The van der Waals surface area contributed by atoms with E-state index in [1.807, 2.05) is 32.2 Å². The van der Waals surface area contributed by atoms with Crippen LogP contribution in [0, 0.1) is 6.92 Å². The van der Waals surface area contributed by atoms with Crippen LogP contribution in [0.4, 0.5) is 0 Å². The second kappa shape index (κ2) is 5.29. The minimum Gasteiger partial charge on any atom is -0.396 e. The SMILES string of the molecule is CNC(CCO)Cn1c(C)nc2ccccc21. The fraction of sp³-hybridized carbons (Fsp3) is 0.462. The zero-order valence-corrected chi connectivity index (χ0v) is 10.3. The highest BCUT2D eigenvalue weighted by atomic mass is 16.3. The van der Waals surface area contributed by atoms with Crippen molar-refractivity contribution in [3.63, 3.8) is 0 Å². The van der Waals surface area contributed by atoms with Gasteiger partial charge in [-0.2, -0.15) is 0 Å². The standard InChI is InChI=1S/C13H19N3O/c1-10-15-12-5-3-4-6-13(12)16(10)9-11(14-2)7-8-17/h3-6,11,14,17H,7-9H2,1-2H3. The van der Waals surface area contributed by atoms with E-state index in [1.165, 1.54) is 0 Å². The van der Waals surface area contributed by atoms with E-state index in [2.05, 4.69) is 20.9 Å². The Kier molecular flexibility index (Phi) is 3.76. The highest BCUT2D eigenvalue weighted by molar-refractivity contribution is 5.75. The first-order chi connectivity index (χ1) is 8.26. The van der Waals surface area contributed by atoms with E-state index in [4.69, 9.17) is 5.11 Å². The molecule has 0 aliphatic carbocycles. The van der Waals surface area contributed by atoms with Crippen LogP contribution in [-0.2, 0) is 6.54 Å². The Labute approximate surface area is 101 Å². The first kappa shape index (κ1) is 12.1. The van der Waals surface area contributed by atoms with Crippen LogP contribution in [0.5, 0.6) is 0 Å². The van der Waals surface area contributed by atoms with Gasteiger partial charge < -0.3 is 15.0 Å². The lowest BCUT2D eigenvalue weighted by molar-refractivity contribution is 0.260. The van der Waals surface area contributed by atoms with Gasteiger partial charge in [-0.25, -0.2) is 4.98 Å². The average Bonchev–Trinajstić information content (AvgIpc) is 2.65. The van der Waals surface area contributed by atoms with Crippen molar-refractivity contribution in [2.24, 2.45) is 0 Å². The number of nitrogens with one attached hydrogen (secondary N) is 1. The maximum absolute atomic E-state index is 9.01. The third-order valence-corrected chi connectivity index (χ3v) is 3.13. The van der Waals surface area contributed by atoms with Gasteiger partial charge in [0.1, 0.15) is 5.82 Å². The second-order valence-corrected chi connectivity index (χ2v) is 4.26. The maximum atomic E-state index is 9.01. The van der Waals surface area contributed by atoms with Gasteiger partial charge in [-0.3, -0.25) is 0 Å². The molecule has 1 atom stereocenters.